The summed E-state index contributed by atoms with van der Waals surface area (Å²) in [6.07, 6.45) is -1.07. The lowest BCUT2D eigenvalue weighted by molar-refractivity contribution is 0.0716. The predicted octanol–water partition coefficient (Wildman–Crippen LogP) is 1.20. The molecule has 16 heavy (non-hydrogen) atoms. The Bertz CT molecular complexity index is 525. The zero-order valence-electron chi connectivity index (χ0n) is 8.29. The van der Waals surface area contributed by atoms with Crippen LogP contribution < -0.4 is 0 Å². The molecular weight excluding hydrogens is 204 g/mol. The molecular formula is C12H8N2O2. The van der Waals surface area contributed by atoms with E-state index >= 15 is 0 Å². The molecule has 4 heteroatoms. The smallest absolute Gasteiger partial charge is 0.181 e. The number of rotatable bonds is 0. The Labute approximate surface area is 92.4 Å². The number of nitriles is 2. The van der Waals surface area contributed by atoms with E-state index in [0.29, 0.717) is 11.1 Å². The van der Waals surface area contributed by atoms with Crippen molar-refractivity contribution < 1.29 is 9.90 Å². The molecule has 1 N–H and O–H groups in total. The number of nitrogens with zero attached hydrogens (tertiary/aromatic N) is 2. The normalized spacial score (nSPS) is 27.7. The van der Waals surface area contributed by atoms with E-state index in [-0.39, 0.29) is 5.78 Å². The molecule has 0 spiro atoms. The van der Waals surface area contributed by atoms with Gasteiger partial charge in [0.05, 0.1) is 24.2 Å². The molecule has 2 rings (SSSR count). The molecule has 78 valence electrons. The second-order valence-electron chi connectivity index (χ2n) is 3.66. The summed E-state index contributed by atoms with van der Waals surface area (Å²) in [5.74, 6) is -2.43. The number of carbonyl (C=O) groups excluding carboxylic acids is 1. The Morgan fingerprint density at radius 3 is 2.50 bits per heavy atom. The molecule has 1 aliphatic rings. The highest BCUT2D eigenvalue weighted by atomic mass is 16.3. The number of fused-ring (bicyclic) bond motifs is 1. The van der Waals surface area contributed by atoms with Crippen LogP contribution in [-0.2, 0) is 0 Å². The summed E-state index contributed by atoms with van der Waals surface area (Å²) in [5, 5.41) is 27.7. The van der Waals surface area contributed by atoms with Gasteiger partial charge in [-0.25, -0.2) is 0 Å². The summed E-state index contributed by atoms with van der Waals surface area (Å²) in [6, 6.07) is 10.2. The van der Waals surface area contributed by atoms with Crippen LogP contribution in [0.5, 0.6) is 0 Å². The molecule has 0 amide bonds. The van der Waals surface area contributed by atoms with Crippen LogP contribution >= 0.6 is 0 Å². The monoisotopic (exact) mass is 212 g/mol. The Morgan fingerprint density at radius 1 is 1.19 bits per heavy atom. The van der Waals surface area contributed by atoms with Gasteiger partial charge in [0, 0.05) is 5.56 Å². The number of hydrogen-bond acceptors (Lipinski definition) is 4. The van der Waals surface area contributed by atoms with E-state index < -0.39 is 17.9 Å². The summed E-state index contributed by atoms with van der Waals surface area (Å²) < 4.78 is 0. The van der Waals surface area contributed by atoms with Crippen LogP contribution in [0.15, 0.2) is 24.3 Å². The molecule has 4 nitrogen and oxygen atoms in total. The van der Waals surface area contributed by atoms with Gasteiger partial charge in [0.1, 0.15) is 5.92 Å². The van der Waals surface area contributed by atoms with Gasteiger partial charge in [0.25, 0.3) is 0 Å². The number of carbonyl (C=O) groups is 1. The van der Waals surface area contributed by atoms with Crippen molar-refractivity contribution >= 4 is 5.78 Å². The number of aliphatic hydroxyl groups excluding tert-OH is 1. The van der Waals surface area contributed by atoms with E-state index in [9.17, 15) is 9.90 Å². The summed E-state index contributed by atoms with van der Waals surface area (Å²) in [5.41, 5.74) is 0.776. The molecule has 0 saturated heterocycles. The van der Waals surface area contributed by atoms with Crippen molar-refractivity contribution in [3.05, 3.63) is 35.4 Å². The molecule has 1 aromatic carbocycles. The van der Waals surface area contributed by atoms with Crippen LogP contribution in [-0.4, -0.2) is 10.9 Å². The molecule has 0 saturated carbocycles. The molecule has 0 radical (unpaired) electrons. The summed E-state index contributed by atoms with van der Waals surface area (Å²) in [6.45, 7) is 0. The molecule has 3 unspecified atom stereocenters. The molecule has 3 atom stereocenters. The van der Waals surface area contributed by atoms with Gasteiger partial charge in [-0.05, 0) is 5.56 Å². The number of aliphatic hydroxyl groups is 1. The van der Waals surface area contributed by atoms with Gasteiger partial charge in [-0.3, -0.25) is 4.79 Å². The fourth-order valence-electron chi connectivity index (χ4n) is 1.97. The maximum absolute atomic E-state index is 11.9. The van der Waals surface area contributed by atoms with Crippen LogP contribution in [0, 0.1) is 34.5 Å². The first kappa shape index (κ1) is 10.4. The largest absolute Gasteiger partial charge is 0.387 e. The van der Waals surface area contributed by atoms with Crippen LogP contribution in [0.2, 0.25) is 0 Å². The summed E-state index contributed by atoms with van der Waals surface area (Å²) in [4.78, 5) is 11.9. The highest BCUT2D eigenvalue weighted by Gasteiger charge is 2.41. The fraction of sp³-hybridized carbons (Fsp3) is 0.250. The number of Topliss-reactive ketones (excluding diaryl/α,β-unsaturated/α-hetero) is 1. The Morgan fingerprint density at radius 2 is 1.88 bits per heavy atom. The van der Waals surface area contributed by atoms with Gasteiger partial charge in [-0.2, -0.15) is 10.5 Å². The number of hydrogen-bond donors (Lipinski definition) is 1. The van der Waals surface area contributed by atoms with Crippen molar-refractivity contribution in [2.75, 3.05) is 0 Å². The Hall–Kier alpha value is -2.17. The standard InChI is InChI=1S/C12H8N2O2/c13-5-9-10(6-14)12(16)8-4-2-1-3-7(8)11(9)15/h1-4,9-11,15H. The third kappa shape index (κ3) is 1.29. The SMILES string of the molecule is N#CC1C(=O)c2ccccc2C(O)C1C#N. The van der Waals surface area contributed by atoms with Gasteiger partial charge < -0.3 is 5.11 Å². The molecule has 0 aromatic heterocycles. The third-order valence-electron chi connectivity index (χ3n) is 2.81. The van der Waals surface area contributed by atoms with Crippen LogP contribution in [0.1, 0.15) is 22.0 Å². The third-order valence-corrected chi connectivity index (χ3v) is 2.81. The highest BCUT2D eigenvalue weighted by Crippen LogP contribution is 2.37. The van der Waals surface area contributed by atoms with Crippen molar-refractivity contribution in [3.8, 4) is 12.1 Å². The fourth-order valence-corrected chi connectivity index (χ4v) is 1.97. The van der Waals surface area contributed by atoms with E-state index in [4.69, 9.17) is 10.5 Å². The van der Waals surface area contributed by atoms with Crippen LogP contribution in [0.3, 0.4) is 0 Å². The topological polar surface area (TPSA) is 84.9 Å². The molecule has 0 fully saturated rings. The van der Waals surface area contributed by atoms with E-state index in [1.807, 2.05) is 6.07 Å². The molecule has 0 heterocycles. The van der Waals surface area contributed by atoms with Crippen molar-refractivity contribution in [2.24, 2.45) is 11.8 Å². The lowest BCUT2D eigenvalue weighted by Gasteiger charge is -2.27. The quantitative estimate of drug-likeness (QED) is 0.700. The highest BCUT2D eigenvalue weighted by molar-refractivity contribution is 6.02. The zero-order chi connectivity index (χ0) is 11.7. The van der Waals surface area contributed by atoms with Crippen LogP contribution in [0.4, 0.5) is 0 Å². The lowest BCUT2D eigenvalue weighted by atomic mass is 9.74. The van der Waals surface area contributed by atoms with Crippen molar-refractivity contribution in [3.63, 3.8) is 0 Å². The number of ketones is 1. The first-order chi connectivity index (χ1) is 7.70. The maximum Gasteiger partial charge on any atom is 0.181 e. The van der Waals surface area contributed by atoms with E-state index in [0.717, 1.165) is 0 Å². The Balaban J connectivity index is 2.61. The van der Waals surface area contributed by atoms with Gasteiger partial charge in [0.15, 0.2) is 5.78 Å². The van der Waals surface area contributed by atoms with Crippen molar-refractivity contribution in [1.82, 2.24) is 0 Å². The minimum atomic E-state index is -1.07. The van der Waals surface area contributed by atoms with Crippen LogP contribution in [0.25, 0.3) is 0 Å². The van der Waals surface area contributed by atoms with Crippen molar-refractivity contribution in [2.45, 2.75) is 6.10 Å². The molecule has 0 bridgehead atoms. The molecule has 1 aromatic rings. The average molecular weight is 212 g/mol. The average Bonchev–Trinajstić information content (AvgIpc) is 2.33. The minimum Gasteiger partial charge on any atom is -0.387 e. The summed E-state index contributed by atoms with van der Waals surface area (Å²) >= 11 is 0. The van der Waals surface area contributed by atoms with Gasteiger partial charge in [0.2, 0.25) is 0 Å². The minimum absolute atomic E-state index is 0.341. The van der Waals surface area contributed by atoms with Gasteiger partial charge >= 0.3 is 0 Å². The van der Waals surface area contributed by atoms with Crippen molar-refractivity contribution in [1.29, 1.82) is 10.5 Å². The van der Waals surface area contributed by atoms with E-state index in [1.54, 1.807) is 30.3 Å². The zero-order valence-corrected chi connectivity index (χ0v) is 8.29. The summed E-state index contributed by atoms with van der Waals surface area (Å²) in [7, 11) is 0. The van der Waals surface area contributed by atoms with Gasteiger partial charge in [-0.15, -0.1) is 0 Å². The lowest BCUT2D eigenvalue weighted by Crippen LogP contribution is -2.33. The second kappa shape index (κ2) is 3.77. The maximum atomic E-state index is 11.9. The van der Waals surface area contributed by atoms with Gasteiger partial charge in [-0.1, -0.05) is 24.3 Å². The Kier molecular flexibility index (Phi) is 2.44. The van der Waals surface area contributed by atoms with E-state index in [1.165, 1.54) is 0 Å². The molecule has 0 aliphatic heterocycles. The first-order valence-corrected chi connectivity index (χ1v) is 4.81. The second-order valence-corrected chi connectivity index (χ2v) is 3.66. The predicted molar refractivity (Wildman–Crippen MR) is 53.9 cm³/mol. The first-order valence-electron chi connectivity index (χ1n) is 4.81. The molecule has 1 aliphatic carbocycles. The van der Waals surface area contributed by atoms with E-state index in [2.05, 4.69) is 0 Å². The number of benzene rings is 1.